The fraction of sp³-hybridized carbons (Fsp3) is 0.222. The summed E-state index contributed by atoms with van der Waals surface area (Å²) in [5.74, 6) is 0.374. The number of fused-ring (bicyclic) bond motifs is 1. The molecule has 6 nitrogen and oxygen atoms in total. The monoisotopic (exact) mass is 338 g/mol. The van der Waals surface area contributed by atoms with Gasteiger partial charge in [0.2, 0.25) is 0 Å². The quantitative estimate of drug-likeness (QED) is 0.762. The third-order valence-electron chi connectivity index (χ3n) is 4.35. The van der Waals surface area contributed by atoms with Crippen molar-refractivity contribution in [2.45, 2.75) is 26.7 Å². The van der Waals surface area contributed by atoms with Crippen LogP contribution in [0.4, 0.5) is 21.6 Å². The Kier molecular flexibility index (Phi) is 3.85. The summed E-state index contributed by atoms with van der Waals surface area (Å²) >= 11 is 0. The summed E-state index contributed by atoms with van der Waals surface area (Å²) in [4.78, 5) is 0. The lowest BCUT2D eigenvalue weighted by atomic mass is 10.1. The molecule has 0 amide bonds. The zero-order valence-corrected chi connectivity index (χ0v) is 14.1. The second-order valence-electron chi connectivity index (χ2n) is 5.85. The third-order valence-corrected chi connectivity index (χ3v) is 4.35. The van der Waals surface area contributed by atoms with E-state index in [0.717, 1.165) is 29.1 Å². The molecule has 0 atom stereocenters. The van der Waals surface area contributed by atoms with Crippen LogP contribution in [0.2, 0.25) is 0 Å². The van der Waals surface area contributed by atoms with Crippen LogP contribution in [-0.4, -0.2) is 15.0 Å². The minimum atomic E-state index is -0.327. The first-order valence-electron chi connectivity index (χ1n) is 8.37. The second kappa shape index (κ2) is 6.18. The molecule has 0 saturated heterocycles. The van der Waals surface area contributed by atoms with Gasteiger partial charge in [-0.25, -0.2) is 9.40 Å². The third kappa shape index (κ3) is 2.53. The van der Waals surface area contributed by atoms with Crippen LogP contribution >= 0.6 is 0 Å². The normalized spacial score (nSPS) is 13.0. The molecule has 0 bridgehead atoms. The highest BCUT2D eigenvalue weighted by atomic mass is 19.1. The highest BCUT2D eigenvalue weighted by Gasteiger charge is 2.27. The minimum Gasteiger partial charge on any atom is -0.301 e. The van der Waals surface area contributed by atoms with Crippen molar-refractivity contribution in [1.82, 2.24) is 20.5 Å². The summed E-state index contributed by atoms with van der Waals surface area (Å²) in [5.41, 5.74) is 10.3. The van der Waals surface area contributed by atoms with E-state index in [4.69, 9.17) is 0 Å². The van der Waals surface area contributed by atoms with E-state index in [1.807, 2.05) is 49.2 Å². The van der Waals surface area contributed by atoms with Crippen molar-refractivity contribution in [3.8, 4) is 5.69 Å². The van der Waals surface area contributed by atoms with Crippen molar-refractivity contribution < 1.29 is 4.39 Å². The number of para-hydroxylation sites is 2. The Morgan fingerprint density at radius 3 is 2.68 bits per heavy atom. The van der Waals surface area contributed by atoms with E-state index in [2.05, 4.69) is 21.3 Å². The van der Waals surface area contributed by atoms with E-state index in [1.54, 1.807) is 10.7 Å². The molecule has 0 radical (unpaired) electrons. The smallest absolute Gasteiger partial charge is 0.176 e. The molecular formula is C18H19FN6. The Bertz CT molecular complexity index is 920. The molecule has 0 spiro atoms. The summed E-state index contributed by atoms with van der Waals surface area (Å²) < 4.78 is 16.1. The highest BCUT2D eigenvalue weighted by Crippen LogP contribution is 2.36. The van der Waals surface area contributed by atoms with Crippen molar-refractivity contribution in [2.24, 2.45) is 0 Å². The van der Waals surface area contributed by atoms with Crippen molar-refractivity contribution in [1.29, 1.82) is 0 Å². The molecule has 2 heterocycles. The van der Waals surface area contributed by atoms with Crippen molar-refractivity contribution in [3.63, 3.8) is 0 Å². The van der Waals surface area contributed by atoms with E-state index < -0.39 is 0 Å². The standard InChI is InChI=1S/C18H19FN6/c1-3-12-9-10-13(19)17(11-12)25-18(14(4-2)20-22-25)24-16-8-6-5-7-15(16)21-23-24/h5-11,21,23H,3-4H2,1-2H3. The molecule has 4 rings (SSSR count). The summed E-state index contributed by atoms with van der Waals surface area (Å²) in [5, 5.41) is 10.3. The van der Waals surface area contributed by atoms with Crippen molar-refractivity contribution in [3.05, 3.63) is 59.5 Å². The van der Waals surface area contributed by atoms with Gasteiger partial charge in [0, 0.05) is 0 Å². The van der Waals surface area contributed by atoms with Gasteiger partial charge in [-0.05, 0) is 42.7 Å². The molecular weight excluding hydrogens is 319 g/mol. The Morgan fingerprint density at radius 1 is 1.04 bits per heavy atom. The summed E-state index contributed by atoms with van der Waals surface area (Å²) in [7, 11) is 0. The fourth-order valence-electron chi connectivity index (χ4n) is 2.98. The molecule has 0 aliphatic carbocycles. The number of nitrogens with one attached hydrogen (secondary N) is 2. The van der Waals surface area contributed by atoms with Crippen LogP contribution in [0.5, 0.6) is 0 Å². The number of benzene rings is 2. The van der Waals surface area contributed by atoms with Gasteiger partial charge in [-0.2, -0.15) is 4.68 Å². The maximum absolute atomic E-state index is 14.5. The second-order valence-corrected chi connectivity index (χ2v) is 5.85. The first-order chi connectivity index (χ1) is 12.2. The van der Waals surface area contributed by atoms with Gasteiger partial charge in [-0.1, -0.05) is 37.3 Å². The Morgan fingerprint density at radius 2 is 1.88 bits per heavy atom. The number of hydrazine groups is 2. The Balaban J connectivity index is 1.89. The first kappa shape index (κ1) is 15.6. The molecule has 0 saturated carbocycles. The molecule has 128 valence electrons. The van der Waals surface area contributed by atoms with Gasteiger partial charge in [0.25, 0.3) is 0 Å². The van der Waals surface area contributed by atoms with Crippen molar-refractivity contribution >= 4 is 17.2 Å². The molecule has 0 unspecified atom stereocenters. The average Bonchev–Trinajstić information content (AvgIpc) is 3.25. The largest absolute Gasteiger partial charge is 0.301 e. The van der Waals surface area contributed by atoms with Crippen LogP contribution in [0.25, 0.3) is 5.69 Å². The van der Waals surface area contributed by atoms with Gasteiger partial charge in [0.05, 0.1) is 11.4 Å². The predicted octanol–water partition coefficient (Wildman–Crippen LogP) is 3.51. The zero-order valence-electron chi connectivity index (χ0n) is 14.1. The lowest BCUT2D eigenvalue weighted by Gasteiger charge is -2.20. The van der Waals surface area contributed by atoms with Gasteiger partial charge in [0.1, 0.15) is 17.2 Å². The topological polar surface area (TPSA) is 58.0 Å². The molecule has 25 heavy (non-hydrogen) atoms. The van der Waals surface area contributed by atoms with Crippen LogP contribution in [0, 0.1) is 5.82 Å². The maximum atomic E-state index is 14.5. The van der Waals surface area contributed by atoms with E-state index in [-0.39, 0.29) is 5.82 Å². The van der Waals surface area contributed by atoms with Crippen LogP contribution in [0.1, 0.15) is 25.1 Å². The zero-order chi connectivity index (χ0) is 17.4. The minimum absolute atomic E-state index is 0.327. The SMILES string of the molecule is CCc1ccc(F)c(-n2nnc(CC)c2N2NNc3ccccc32)c1. The highest BCUT2D eigenvalue weighted by molar-refractivity contribution is 5.79. The summed E-state index contributed by atoms with van der Waals surface area (Å²) in [6.07, 6.45) is 1.51. The van der Waals surface area contributed by atoms with E-state index in [1.165, 1.54) is 6.07 Å². The lowest BCUT2D eigenvalue weighted by molar-refractivity contribution is 0.604. The van der Waals surface area contributed by atoms with Gasteiger partial charge >= 0.3 is 0 Å². The molecule has 3 aromatic rings. The lowest BCUT2D eigenvalue weighted by Crippen LogP contribution is -2.33. The molecule has 7 heteroatoms. The van der Waals surface area contributed by atoms with Crippen LogP contribution in [0.3, 0.4) is 0 Å². The summed E-state index contributed by atoms with van der Waals surface area (Å²) in [6.45, 7) is 4.05. The molecule has 1 aliphatic heterocycles. The van der Waals surface area contributed by atoms with Crippen LogP contribution in [0.15, 0.2) is 42.5 Å². The number of rotatable bonds is 4. The molecule has 1 aromatic heterocycles. The Hall–Kier alpha value is -2.93. The van der Waals surface area contributed by atoms with Gasteiger partial charge in [-0.15, -0.1) is 10.6 Å². The van der Waals surface area contributed by atoms with Gasteiger partial charge < -0.3 is 5.43 Å². The van der Waals surface area contributed by atoms with Gasteiger partial charge in [0.15, 0.2) is 5.82 Å². The fourth-order valence-corrected chi connectivity index (χ4v) is 2.98. The number of aryl methyl sites for hydroxylation is 2. The average molecular weight is 338 g/mol. The van der Waals surface area contributed by atoms with Crippen LogP contribution in [-0.2, 0) is 12.8 Å². The van der Waals surface area contributed by atoms with Crippen LogP contribution < -0.4 is 16.0 Å². The molecule has 1 aliphatic rings. The van der Waals surface area contributed by atoms with Gasteiger partial charge in [-0.3, -0.25) is 0 Å². The Labute approximate surface area is 145 Å². The van der Waals surface area contributed by atoms with E-state index in [0.29, 0.717) is 17.9 Å². The van der Waals surface area contributed by atoms with E-state index in [9.17, 15) is 4.39 Å². The number of aromatic nitrogens is 3. The van der Waals surface area contributed by atoms with Crippen molar-refractivity contribution in [2.75, 3.05) is 10.4 Å². The number of halogens is 1. The molecule has 2 aromatic carbocycles. The number of hydrogen-bond donors (Lipinski definition) is 2. The summed E-state index contributed by atoms with van der Waals surface area (Å²) in [6, 6.07) is 13.0. The van der Waals surface area contributed by atoms with E-state index >= 15 is 0 Å². The number of nitrogens with zero attached hydrogens (tertiary/aromatic N) is 4. The first-order valence-corrected chi connectivity index (χ1v) is 8.37. The molecule has 0 fully saturated rings. The number of anilines is 3. The number of hydrogen-bond acceptors (Lipinski definition) is 5. The predicted molar refractivity (Wildman–Crippen MR) is 95.4 cm³/mol. The molecule has 2 N–H and O–H groups in total. The maximum Gasteiger partial charge on any atom is 0.176 e.